The molecule has 0 aromatic heterocycles. The molecule has 2 atom stereocenters. The van der Waals surface area contributed by atoms with Gasteiger partial charge in [-0.05, 0) is 31.5 Å². The Kier molecular flexibility index (Phi) is 5.10. The number of benzene rings is 1. The van der Waals surface area contributed by atoms with E-state index in [1.165, 1.54) is 13.8 Å². The van der Waals surface area contributed by atoms with Crippen LogP contribution >= 0.6 is 0 Å². The molecule has 1 amide bonds. The maximum Gasteiger partial charge on any atom is 0.416 e. The van der Waals surface area contributed by atoms with Crippen molar-refractivity contribution in [3.8, 4) is 0 Å². The van der Waals surface area contributed by atoms with Crippen LogP contribution in [0.4, 0.5) is 18.0 Å². The summed E-state index contributed by atoms with van der Waals surface area (Å²) in [7, 11) is 1.16. The molecule has 138 valence electrons. The fraction of sp³-hybridized carbons (Fsp3) is 0.500. The number of aliphatic hydroxyl groups is 1. The van der Waals surface area contributed by atoms with Crippen LogP contribution in [0.15, 0.2) is 24.3 Å². The van der Waals surface area contributed by atoms with Gasteiger partial charge in [0.05, 0.1) is 19.2 Å². The molecule has 1 aliphatic rings. The Morgan fingerprint density at radius 1 is 1.36 bits per heavy atom. The Morgan fingerprint density at radius 3 is 2.40 bits per heavy atom. The van der Waals surface area contributed by atoms with Crippen molar-refractivity contribution >= 4 is 11.9 Å². The first-order valence-electron chi connectivity index (χ1n) is 7.38. The van der Waals surface area contributed by atoms with Crippen molar-refractivity contribution in [3.05, 3.63) is 35.4 Å². The minimum atomic E-state index is -4.50. The van der Waals surface area contributed by atoms with Crippen molar-refractivity contribution in [1.29, 1.82) is 0 Å². The molecule has 9 heteroatoms. The third-order valence-electron chi connectivity index (χ3n) is 3.96. The van der Waals surface area contributed by atoms with Crippen molar-refractivity contribution < 1.29 is 37.3 Å². The number of nitrogens with zero attached hydrogens (tertiary/aromatic N) is 1. The predicted octanol–water partition coefficient (Wildman–Crippen LogP) is 2.51. The van der Waals surface area contributed by atoms with Gasteiger partial charge in [0.2, 0.25) is 0 Å². The summed E-state index contributed by atoms with van der Waals surface area (Å²) in [5, 5.41) is 10.4. The monoisotopic (exact) mass is 361 g/mol. The Balaban J connectivity index is 2.21. The number of amides is 1. The van der Waals surface area contributed by atoms with Gasteiger partial charge in [-0.2, -0.15) is 13.2 Å². The van der Waals surface area contributed by atoms with Crippen molar-refractivity contribution in [3.63, 3.8) is 0 Å². The van der Waals surface area contributed by atoms with E-state index < -0.39 is 41.5 Å². The molecule has 0 radical (unpaired) electrons. The van der Waals surface area contributed by atoms with Crippen LogP contribution in [0, 0.1) is 0 Å². The average Bonchev–Trinajstić information content (AvgIpc) is 2.54. The highest BCUT2D eigenvalue weighted by Crippen LogP contribution is 2.33. The van der Waals surface area contributed by atoms with Crippen molar-refractivity contribution in [2.45, 2.75) is 38.0 Å². The van der Waals surface area contributed by atoms with Gasteiger partial charge in [-0.15, -0.1) is 0 Å². The molecule has 0 spiro atoms. The summed E-state index contributed by atoms with van der Waals surface area (Å²) < 4.78 is 47.9. The summed E-state index contributed by atoms with van der Waals surface area (Å²) >= 11 is 0. The second-order valence-electron chi connectivity index (χ2n) is 6.07. The predicted molar refractivity (Wildman–Crippen MR) is 79.5 cm³/mol. The van der Waals surface area contributed by atoms with Crippen LogP contribution in [0.2, 0.25) is 0 Å². The lowest BCUT2D eigenvalue weighted by Crippen LogP contribution is -2.61. The van der Waals surface area contributed by atoms with Gasteiger partial charge in [-0.3, -0.25) is 9.69 Å². The van der Waals surface area contributed by atoms with Gasteiger partial charge in [-0.1, -0.05) is 12.1 Å². The molecule has 25 heavy (non-hydrogen) atoms. The molecular weight excluding hydrogens is 343 g/mol. The normalized spacial score (nSPS) is 21.8. The number of carbonyl (C=O) groups excluding carboxylic acids is 2. The number of ether oxygens (including phenoxy) is 2. The SMILES string of the molecule is COC(=O)N1CC(=O)[C@H]([C@@H](O)c2ccc(C(F)(F)F)cc2)OC1(C)C. The molecule has 1 N–H and O–H groups in total. The number of rotatable bonds is 2. The molecular formula is C16H18F3NO5. The smallest absolute Gasteiger partial charge is 0.416 e. The number of hydrogen-bond acceptors (Lipinski definition) is 5. The van der Waals surface area contributed by atoms with E-state index in [1.54, 1.807) is 0 Å². The molecule has 1 saturated heterocycles. The summed E-state index contributed by atoms with van der Waals surface area (Å²) in [5.41, 5.74) is -2.00. The number of halogens is 3. The molecule has 2 rings (SSSR count). The second kappa shape index (κ2) is 6.64. The van der Waals surface area contributed by atoms with E-state index in [0.29, 0.717) is 0 Å². The Morgan fingerprint density at radius 2 is 1.92 bits per heavy atom. The summed E-state index contributed by atoms with van der Waals surface area (Å²) in [6, 6.07) is 3.81. The van der Waals surface area contributed by atoms with E-state index in [-0.39, 0.29) is 12.1 Å². The minimum Gasteiger partial charge on any atom is -0.453 e. The number of methoxy groups -OCH3 is 1. The van der Waals surface area contributed by atoms with E-state index >= 15 is 0 Å². The first-order chi connectivity index (χ1) is 11.5. The Hall–Kier alpha value is -2.13. The lowest BCUT2D eigenvalue weighted by atomic mass is 9.97. The summed E-state index contributed by atoms with van der Waals surface area (Å²) in [6.45, 7) is 2.69. The van der Waals surface area contributed by atoms with Gasteiger partial charge in [0.25, 0.3) is 0 Å². The molecule has 1 fully saturated rings. The quantitative estimate of drug-likeness (QED) is 0.876. The van der Waals surface area contributed by atoms with Gasteiger partial charge in [0.15, 0.2) is 11.9 Å². The summed E-state index contributed by atoms with van der Waals surface area (Å²) in [6.07, 6.45) is -8.04. The van der Waals surface area contributed by atoms with Crippen molar-refractivity contribution in [2.24, 2.45) is 0 Å². The molecule has 0 bridgehead atoms. The van der Waals surface area contributed by atoms with Crippen LogP contribution in [-0.2, 0) is 20.4 Å². The average molecular weight is 361 g/mol. The number of aliphatic hydroxyl groups excluding tert-OH is 1. The molecule has 1 aromatic carbocycles. The first kappa shape index (κ1) is 19.2. The van der Waals surface area contributed by atoms with E-state index in [0.717, 1.165) is 36.3 Å². The number of carbonyl (C=O) groups is 2. The van der Waals surface area contributed by atoms with Crippen LogP contribution in [0.25, 0.3) is 0 Å². The highest BCUT2D eigenvalue weighted by molar-refractivity contribution is 5.89. The van der Waals surface area contributed by atoms with Gasteiger partial charge in [0, 0.05) is 0 Å². The van der Waals surface area contributed by atoms with Crippen LogP contribution in [-0.4, -0.2) is 47.4 Å². The maximum atomic E-state index is 12.6. The zero-order chi connectivity index (χ0) is 19.0. The van der Waals surface area contributed by atoms with Gasteiger partial charge in [0.1, 0.15) is 11.8 Å². The molecule has 1 aromatic rings. The first-order valence-corrected chi connectivity index (χ1v) is 7.38. The minimum absolute atomic E-state index is 0.105. The number of hydrogen-bond donors (Lipinski definition) is 1. The van der Waals surface area contributed by atoms with Gasteiger partial charge < -0.3 is 14.6 Å². The summed E-state index contributed by atoms with van der Waals surface area (Å²) in [5.74, 6) is -0.586. The number of alkyl halides is 3. The van der Waals surface area contributed by atoms with Crippen molar-refractivity contribution in [2.75, 3.05) is 13.7 Å². The fourth-order valence-corrected chi connectivity index (χ4v) is 2.56. The van der Waals surface area contributed by atoms with E-state index in [2.05, 4.69) is 4.74 Å². The van der Waals surface area contributed by atoms with Crippen LogP contribution < -0.4 is 0 Å². The third-order valence-corrected chi connectivity index (χ3v) is 3.96. The largest absolute Gasteiger partial charge is 0.453 e. The van der Waals surface area contributed by atoms with Gasteiger partial charge >= 0.3 is 12.3 Å². The third kappa shape index (κ3) is 3.93. The van der Waals surface area contributed by atoms with Crippen LogP contribution in [0.5, 0.6) is 0 Å². The Labute approximate surface area is 142 Å². The number of Topliss-reactive ketones (excluding diaryl/α,β-unsaturated/α-hetero) is 1. The fourth-order valence-electron chi connectivity index (χ4n) is 2.56. The molecule has 1 aliphatic heterocycles. The number of ketones is 1. The van der Waals surface area contributed by atoms with Crippen LogP contribution in [0.1, 0.15) is 31.1 Å². The Bertz CT molecular complexity index is 657. The standard InChI is InChI=1S/C16H18F3NO5/c1-15(2)20(14(23)24-3)8-11(21)13(25-15)12(22)9-4-6-10(7-5-9)16(17,18)19/h4-7,12-13,22H,8H2,1-3H3/t12-,13+/m0/s1. The zero-order valence-corrected chi connectivity index (χ0v) is 13.8. The molecule has 6 nitrogen and oxygen atoms in total. The maximum absolute atomic E-state index is 12.6. The molecule has 0 aliphatic carbocycles. The summed E-state index contributed by atoms with van der Waals surface area (Å²) in [4.78, 5) is 25.0. The lowest BCUT2D eigenvalue weighted by Gasteiger charge is -2.44. The highest BCUT2D eigenvalue weighted by atomic mass is 19.4. The highest BCUT2D eigenvalue weighted by Gasteiger charge is 2.46. The lowest BCUT2D eigenvalue weighted by molar-refractivity contribution is -0.208. The molecule has 0 unspecified atom stereocenters. The molecule has 0 saturated carbocycles. The van der Waals surface area contributed by atoms with Crippen LogP contribution in [0.3, 0.4) is 0 Å². The topological polar surface area (TPSA) is 76.1 Å². The zero-order valence-electron chi connectivity index (χ0n) is 13.8. The second-order valence-corrected chi connectivity index (χ2v) is 6.07. The van der Waals surface area contributed by atoms with E-state index in [4.69, 9.17) is 4.74 Å². The van der Waals surface area contributed by atoms with Crippen molar-refractivity contribution in [1.82, 2.24) is 4.90 Å². The van der Waals surface area contributed by atoms with E-state index in [1.807, 2.05) is 0 Å². The van der Waals surface area contributed by atoms with Gasteiger partial charge in [-0.25, -0.2) is 4.79 Å². The van der Waals surface area contributed by atoms with E-state index in [9.17, 15) is 27.9 Å². The molecule has 1 heterocycles.